The normalized spacial score (nSPS) is 11.6. The molecule has 0 aliphatic rings. The van der Waals surface area contributed by atoms with E-state index in [1.165, 1.54) is 0 Å². The molecule has 12 heavy (non-hydrogen) atoms. The molecule has 0 aliphatic carbocycles. The first-order valence-corrected chi connectivity index (χ1v) is 5.08. The molecule has 0 spiro atoms. The van der Waals surface area contributed by atoms with Crippen LogP contribution in [0.5, 0.6) is 0 Å². The summed E-state index contributed by atoms with van der Waals surface area (Å²) in [6.45, 7) is 0. The van der Waals surface area contributed by atoms with Crippen molar-refractivity contribution in [3.8, 4) is 0 Å². The van der Waals surface area contributed by atoms with Gasteiger partial charge < -0.3 is 5.73 Å². The Hall–Kier alpha value is 0.0500. The Kier molecular flexibility index (Phi) is 2.89. The van der Waals surface area contributed by atoms with Crippen LogP contribution >= 0.6 is 47.8 Å². The Morgan fingerprint density at radius 2 is 1.92 bits per heavy atom. The lowest BCUT2D eigenvalue weighted by Crippen LogP contribution is -2.20. The van der Waals surface area contributed by atoms with E-state index in [2.05, 4.69) is 62.7 Å². The van der Waals surface area contributed by atoms with E-state index in [4.69, 9.17) is 5.73 Å². The third-order valence-electron chi connectivity index (χ3n) is 0.936. The van der Waals surface area contributed by atoms with Gasteiger partial charge >= 0.3 is 5.69 Å². The zero-order valence-electron chi connectivity index (χ0n) is 5.51. The molecular weight excluding hydrogens is 360 g/mol. The highest BCUT2D eigenvalue weighted by molar-refractivity contribution is 9.38. The van der Waals surface area contributed by atoms with Gasteiger partial charge in [0.1, 0.15) is 0 Å². The number of rotatable bonds is 0. The summed E-state index contributed by atoms with van der Waals surface area (Å²) in [6, 6.07) is 0. The predicted octanol–water partition coefficient (Wildman–Crippen LogP) is 1.04. The van der Waals surface area contributed by atoms with E-state index in [-0.39, 0.29) is 5.95 Å². The lowest BCUT2D eigenvalue weighted by molar-refractivity contribution is 0.919. The number of aromatic amines is 1. The van der Waals surface area contributed by atoms with Gasteiger partial charge in [-0.15, -0.1) is 0 Å². The van der Waals surface area contributed by atoms with Crippen LogP contribution in [0, 0.1) is 0 Å². The van der Waals surface area contributed by atoms with E-state index in [0.717, 1.165) is 0 Å². The van der Waals surface area contributed by atoms with Crippen molar-refractivity contribution in [2.24, 2.45) is 0 Å². The molecule has 0 saturated heterocycles. The number of hydrogen-bond donors (Lipinski definition) is 2. The molecule has 1 rings (SSSR count). The van der Waals surface area contributed by atoms with Crippen molar-refractivity contribution in [1.82, 2.24) is 15.0 Å². The Morgan fingerprint density at radius 1 is 1.33 bits per heavy atom. The van der Waals surface area contributed by atoms with Gasteiger partial charge in [0.15, 0.2) is 7.97 Å². The average molecular weight is 363 g/mol. The number of anilines is 1. The molecule has 5 nitrogen and oxygen atoms in total. The molecule has 1 heterocycles. The average Bonchev–Trinajstić information content (AvgIpc) is 1.82. The minimum atomic E-state index is -0.775. The Balaban J connectivity index is 3.27. The summed E-state index contributed by atoms with van der Waals surface area (Å²) in [4.78, 5) is 20.3. The topological polar surface area (TPSA) is 84.7 Å². The molecule has 66 valence electrons. The fourth-order valence-corrected chi connectivity index (χ4v) is 1.10. The Bertz CT molecular complexity index is 343. The fourth-order valence-electron chi connectivity index (χ4n) is 0.535. The number of nitrogen functional groups attached to an aromatic ring is 1. The minimum Gasteiger partial charge on any atom is -0.368 e. The molecule has 0 fully saturated rings. The molecule has 0 bridgehead atoms. The number of hydrogen-bond acceptors (Lipinski definition) is 4. The van der Waals surface area contributed by atoms with E-state index in [9.17, 15) is 4.79 Å². The van der Waals surface area contributed by atoms with E-state index in [1.54, 1.807) is 0 Å². The van der Waals surface area contributed by atoms with Crippen molar-refractivity contribution in [2.75, 3.05) is 5.73 Å². The van der Waals surface area contributed by atoms with Crippen LogP contribution in [0.3, 0.4) is 0 Å². The summed E-state index contributed by atoms with van der Waals surface area (Å²) in [5.41, 5.74) is 4.71. The summed E-state index contributed by atoms with van der Waals surface area (Å²) in [5.74, 6) is 0.233. The number of nitrogens with zero attached hydrogens (tertiary/aromatic N) is 2. The molecule has 0 aromatic carbocycles. The van der Waals surface area contributed by atoms with Gasteiger partial charge in [-0.05, 0) is 0 Å². The molecule has 8 heteroatoms. The monoisotopic (exact) mass is 360 g/mol. The van der Waals surface area contributed by atoms with Gasteiger partial charge in [-0.25, -0.2) is 4.79 Å². The Morgan fingerprint density at radius 3 is 2.33 bits per heavy atom. The first-order valence-electron chi connectivity index (χ1n) is 2.70. The largest absolute Gasteiger partial charge is 0.368 e. The van der Waals surface area contributed by atoms with Crippen molar-refractivity contribution in [3.63, 3.8) is 0 Å². The fraction of sp³-hybridized carbons (Fsp3) is 0.250. The summed E-state index contributed by atoms with van der Waals surface area (Å²) in [7, 11) is 0. The summed E-state index contributed by atoms with van der Waals surface area (Å²) in [5, 5.41) is 0. The maximum atomic E-state index is 10.8. The molecule has 0 amide bonds. The first kappa shape index (κ1) is 10.1. The van der Waals surface area contributed by atoms with Crippen LogP contribution in [0.25, 0.3) is 0 Å². The number of nitrogens with two attached hydrogens (primary N) is 1. The van der Waals surface area contributed by atoms with Crippen LogP contribution in [0.4, 0.5) is 5.95 Å². The maximum absolute atomic E-state index is 10.8. The zero-order chi connectivity index (χ0) is 9.35. The molecule has 0 radical (unpaired) electrons. The van der Waals surface area contributed by atoms with Crippen molar-refractivity contribution in [1.29, 1.82) is 0 Å². The van der Waals surface area contributed by atoms with Crippen LogP contribution in [0.2, 0.25) is 0 Å². The van der Waals surface area contributed by atoms with Crippen molar-refractivity contribution >= 4 is 53.7 Å². The van der Waals surface area contributed by atoms with Gasteiger partial charge in [0.05, 0.1) is 0 Å². The van der Waals surface area contributed by atoms with Crippen molar-refractivity contribution in [2.45, 2.75) is 2.14 Å². The quantitative estimate of drug-likeness (QED) is 0.675. The van der Waals surface area contributed by atoms with Crippen molar-refractivity contribution in [3.05, 3.63) is 16.3 Å². The lowest BCUT2D eigenvalue weighted by Gasteiger charge is -2.09. The molecule has 0 aliphatic heterocycles. The number of alkyl halides is 3. The minimum absolute atomic E-state index is 0.0727. The molecule has 3 N–H and O–H groups in total. The van der Waals surface area contributed by atoms with Gasteiger partial charge in [-0.2, -0.15) is 9.97 Å². The van der Waals surface area contributed by atoms with E-state index in [0.29, 0.717) is 5.82 Å². The molecule has 0 unspecified atom stereocenters. The Labute approximate surface area is 92.6 Å². The van der Waals surface area contributed by atoms with Gasteiger partial charge in [0, 0.05) is 0 Å². The second-order valence-electron chi connectivity index (χ2n) is 1.86. The predicted molar refractivity (Wildman–Crippen MR) is 55.5 cm³/mol. The number of aromatic nitrogens is 3. The highest BCUT2D eigenvalue weighted by atomic mass is 80.0. The molecule has 1 aromatic rings. The third-order valence-corrected chi connectivity index (χ3v) is 2.06. The molecule has 1 aromatic heterocycles. The molecule has 0 saturated carbocycles. The lowest BCUT2D eigenvalue weighted by atomic mass is 10.7. The SMILES string of the molecule is Nc1nc(C(Br)(Br)Br)[nH]c(=O)n1. The van der Waals surface area contributed by atoms with E-state index < -0.39 is 7.83 Å². The number of halogens is 3. The van der Waals surface area contributed by atoms with Crippen LogP contribution < -0.4 is 11.4 Å². The number of nitrogens with one attached hydrogen (secondary N) is 1. The summed E-state index contributed by atoms with van der Waals surface area (Å²) in [6.07, 6.45) is 0. The van der Waals surface area contributed by atoms with Gasteiger partial charge in [-0.3, -0.25) is 4.98 Å². The van der Waals surface area contributed by atoms with E-state index in [1.807, 2.05) is 0 Å². The third kappa shape index (κ3) is 2.53. The maximum Gasteiger partial charge on any atom is 0.349 e. The zero-order valence-corrected chi connectivity index (χ0v) is 10.3. The van der Waals surface area contributed by atoms with Crippen molar-refractivity contribution < 1.29 is 0 Å². The smallest absolute Gasteiger partial charge is 0.349 e. The van der Waals surface area contributed by atoms with Crippen LogP contribution in [-0.2, 0) is 2.14 Å². The van der Waals surface area contributed by atoms with Gasteiger partial charge in [0.25, 0.3) is 0 Å². The second-order valence-corrected chi connectivity index (χ2v) is 8.62. The van der Waals surface area contributed by atoms with Crippen LogP contribution in [0.1, 0.15) is 5.82 Å². The highest BCUT2D eigenvalue weighted by Gasteiger charge is 2.24. The summed E-state index contributed by atoms with van der Waals surface area (Å²) >= 11 is 9.52. The molecule has 0 atom stereocenters. The first-order chi connectivity index (χ1) is 5.39. The van der Waals surface area contributed by atoms with Gasteiger partial charge in [0.2, 0.25) is 5.95 Å². The summed E-state index contributed by atoms with van der Waals surface area (Å²) < 4.78 is -0.775. The van der Waals surface area contributed by atoms with E-state index >= 15 is 0 Å². The number of H-pyrrole nitrogens is 1. The van der Waals surface area contributed by atoms with Crippen LogP contribution in [-0.4, -0.2) is 15.0 Å². The second kappa shape index (κ2) is 3.43. The molecular formula is C4H3Br3N4O. The van der Waals surface area contributed by atoms with Gasteiger partial charge in [-0.1, -0.05) is 47.8 Å². The van der Waals surface area contributed by atoms with Crippen LogP contribution in [0.15, 0.2) is 4.79 Å². The standard InChI is InChI=1S/C4H3Br3N4O/c5-4(6,7)1-9-2(8)11-3(12)10-1/h(H3,8,9,10,11,12). The highest BCUT2D eigenvalue weighted by Crippen LogP contribution is 2.41.